The maximum absolute atomic E-state index is 5.31. The zero-order valence-corrected chi connectivity index (χ0v) is 5.17. The van der Waals surface area contributed by atoms with Crippen LogP contribution >= 0.6 is 0 Å². The van der Waals surface area contributed by atoms with E-state index < -0.39 is 0 Å². The molecule has 9 heavy (non-hydrogen) atoms. The van der Waals surface area contributed by atoms with Crippen LogP contribution in [0.3, 0.4) is 0 Å². The number of hydrogen-bond donors (Lipinski definition) is 1. The molecule has 0 unspecified atom stereocenters. The van der Waals surface area contributed by atoms with Gasteiger partial charge in [-0.25, -0.2) is 0 Å². The Bertz CT molecular complexity index is 160. The average Bonchev–Trinajstić information content (AvgIpc) is 1.91. The predicted octanol–water partition coefficient (Wildman–Crippen LogP) is 0.383. The van der Waals surface area contributed by atoms with Gasteiger partial charge in [-0.15, -0.1) is 0 Å². The molecule has 2 N–H and O–H groups in total. The second-order valence-corrected chi connectivity index (χ2v) is 1.79. The van der Waals surface area contributed by atoms with Crippen LogP contribution in [0.25, 0.3) is 0 Å². The van der Waals surface area contributed by atoms with Gasteiger partial charge >= 0.3 is 0 Å². The van der Waals surface area contributed by atoms with Crippen LogP contribution in [0.5, 0.6) is 0 Å². The van der Waals surface area contributed by atoms with Gasteiger partial charge in [0.05, 0.1) is 0 Å². The maximum Gasteiger partial charge on any atom is 0.0422 e. The normalized spacial score (nSPS) is 9.44. The largest absolute Gasteiger partial charge is 0.330 e. The Balaban J connectivity index is 2.61. The average molecular weight is 121 g/mol. The molecule has 0 fully saturated rings. The fourth-order valence-corrected chi connectivity index (χ4v) is 0.642. The van der Waals surface area contributed by atoms with Crippen molar-refractivity contribution in [3.8, 4) is 0 Å². The SMILES string of the molecule is NCCc1c[c]ccn1. The molecule has 0 aliphatic rings. The van der Waals surface area contributed by atoms with E-state index in [0.29, 0.717) is 6.54 Å². The lowest BCUT2D eigenvalue weighted by atomic mass is 10.3. The summed E-state index contributed by atoms with van der Waals surface area (Å²) in [5.41, 5.74) is 6.32. The monoisotopic (exact) mass is 121 g/mol. The van der Waals surface area contributed by atoms with Crippen molar-refractivity contribution >= 4 is 0 Å². The molecule has 0 aromatic carbocycles. The van der Waals surface area contributed by atoms with Gasteiger partial charge in [-0.3, -0.25) is 4.98 Å². The molecule has 0 bridgehead atoms. The van der Waals surface area contributed by atoms with E-state index in [1.807, 2.05) is 6.07 Å². The molecule has 0 amide bonds. The molecular formula is C7H9N2. The molecule has 1 radical (unpaired) electrons. The number of hydrogen-bond acceptors (Lipinski definition) is 2. The van der Waals surface area contributed by atoms with E-state index in [2.05, 4.69) is 11.1 Å². The summed E-state index contributed by atoms with van der Waals surface area (Å²) in [6.07, 6.45) is 2.57. The molecular weight excluding hydrogens is 112 g/mol. The summed E-state index contributed by atoms with van der Waals surface area (Å²) in [7, 11) is 0. The fourth-order valence-electron chi connectivity index (χ4n) is 0.642. The van der Waals surface area contributed by atoms with Crippen molar-refractivity contribution in [3.63, 3.8) is 0 Å². The van der Waals surface area contributed by atoms with Gasteiger partial charge in [-0.05, 0) is 24.7 Å². The van der Waals surface area contributed by atoms with E-state index >= 15 is 0 Å². The summed E-state index contributed by atoms with van der Waals surface area (Å²) < 4.78 is 0. The quantitative estimate of drug-likeness (QED) is 0.614. The number of nitrogens with two attached hydrogens (primary N) is 1. The van der Waals surface area contributed by atoms with Gasteiger partial charge < -0.3 is 5.73 Å². The van der Waals surface area contributed by atoms with E-state index in [-0.39, 0.29) is 0 Å². The Morgan fingerprint density at radius 1 is 1.67 bits per heavy atom. The molecule has 1 aromatic heterocycles. The standard InChI is InChI=1S/C7H9N2/c8-5-4-7-3-1-2-6-9-7/h2-3,6H,4-5,8H2. The Hall–Kier alpha value is -0.890. The first-order chi connectivity index (χ1) is 4.43. The minimum Gasteiger partial charge on any atom is -0.330 e. The molecule has 0 aliphatic carbocycles. The third kappa shape index (κ3) is 1.82. The summed E-state index contributed by atoms with van der Waals surface area (Å²) in [4.78, 5) is 4.06. The molecule has 0 saturated carbocycles. The third-order valence-corrected chi connectivity index (χ3v) is 1.06. The van der Waals surface area contributed by atoms with E-state index in [0.717, 1.165) is 12.1 Å². The van der Waals surface area contributed by atoms with Gasteiger partial charge in [-0.1, -0.05) is 0 Å². The van der Waals surface area contributed by atoms with Crippen LogP contribution in [0.2, 0.25) is 0 Å². The van der Waals surface area contributed by atoms with E-state index in [4.69, 9.17) is 5.73 Å². The minimum atomic E-state index is 0.658. The van der Waals surface area contributed by atoms with Gasteiger partial charge in [0.15, 0.2) is 0 Å². The summed E-state index contributed by atoms with van der Waals surface area (Å²) in [6.45, 7) is 0.658. The van der Waals surface area contributed by atoms with Crippen molar-refractivity contribution in [2.45, 2.75) is 6.42 Å². The first-order valence-electron chi connectivity index (χ1n) is 2.94. The molecule has 0 saturated heterocycles. The van der Waals surface area contributed by atoms with Crippen LogP contribution in [0, 0.1) is 6.07 Å². The molecule has 1 rings (SSSR count). The lowest BCUT2D eigenvalue weighted by Crippen LogP contribution is -2.03. The molecule has 0 atom stereocenters. The van der Waals surface area contributed by atoms with Gasteiger partial charge in [0.25, 0.3) is 0 Å². The number of nitrogens with zero attached hydrogens (tertiary/aromatic N) is 1. The van der Waals surface area contributed by atoms with Gasteiger partial charge in [-0.2, -0.15) is 0 Å². The van der Waals surface area contributed by atoms with E-state index in [9.17, 15) is 0 Å². The molecule has 47 valence electrons. The van der Waals surface area contributed by atoms with Crippen LogP contribution in [0.1, 0.15) is 5.69 Å². The summed E-state index contributed by atoms with van der Waals surface area (Å²) in [6, 6.07) is 6.56. The van der Waals surface area contributed by atoms with Crippen LogP contribution in [-0.2, 0) is 6.42 Å². The Morgan fingerprint density at radius 3 is 3.11 bits per heavy atom. The number of aromatic nitrogens is 1. The molecule has 1 heterocycles. The molecule has 0 aliphatic heterocycles. The zero-order chi connectivity index (χ0) is 6.53. The Labute approximate surface area is 54.7 Å². The van der Waals surface area contributed by atoms with Gasteiger partial charge in [0, 0.05) is 18.3 Å². The topological polar surface area (TPSA) is 38.9 Å². The highest BCUT2D eigenvalue weighted by atomic mass is 14.7. The highest BCUT2D eigenvalue weighted by Gasteiger charge is 1.86. The predicted molar refractivity (Wildman–Crippen MR) is 35.8 cm³/mol. The highest BCUT2D eigenvalue weighted by Crippen LogP contribution is 1.90. The van der Waals surface area contributed by atoms with Crippen molar-refractivity contribution in [2.24, 2.45) is 5.73 Å². The van der Waals surface area contributed by atoms with E-state index in [1.165, 1.54) is 0 Å². The second-order valence-electron chi connectivity index (χ2n) is 1.79. The first kappa shape index (κ1) is 6.23. The second kappa shape index (κ2) is 3.20. The van der Waals surface area contributed by atoms with Crippen LogP contribution in [0.15, 0.2) is 18.3 Å². The summed E-state index contributed by atoms with van der Waals surface area (Å²) >= 11 is 0. The van der Waals surface area contributed by atoms with Gasteiger partial charge in [0.1, 0.15) is 0 Å². The molecule has 0 spiro atoms. The van der Waals surface area contributed by atoms with Crippen LogP contribution in [-0.4, -0.2) is 11.5 Å². The van der Waals surface area contributed by atoms with Crippen molar-refractivity contribution in [3.05, 3.63) is 30.1 Å². The van der Waals surface area contributed by atoms with Crippen molar-refractivity contribution in [1.82, 2.24) is 4.98 Å². The molecule has 2 nitrogen and oxygen atoms in total. The molecule has 2 heteroatoms. The smallest absolute Gasteiger partial charge is 0.0422 e. The third-order valence-electron chi connectivity index (χ3n) is 1.06. The first-order valence-corrected chi connectivity index (χ1v) is 2.94. The van der Waals surface area contributed by atoms with Crippen molar-refractivity contribution in [1.29, 1.82) is 0 Å². The van der Waals surface area contributed by atoms with Crippen molar-refractivity contribution < 1.29 is 0 Å². The van der Waals surface area contributed by atoms with Crippen molar-refractivity contribution in [2.75, 3.05) is 6.54 Å². The Morgan fingerprint density at radius 2 is 2.56 bits per heavy atom. The summed E-state index contributed by atoms with van der Waals surface area (Å²) in [5.74, 6) is 0. The van der Waals surface area contributed by atoms with E-state index in [1.54, 1.807) is 12.3 Å². The Kier molecular flexibility index (Phi) is 2.22. The fraction of sp³-hybridized carbons (Fsp3) is 0.286. The summed E-state index contributed by atoms with van der Waals surface area (Å²) in [5, 5.41) is 0. The maximum atomic E-state index is 5.31. The van der Waals surface area contributed by atoms with Crippen LogP contribution < -0.4 is 5.73 Å². The zero-order valence-electron chi connectivity index (χ0n) is 5.17. The highest BCUT2D eigenvalue weighted by molar-refractivity contribution is 5.01. The molecule has 1 aromatic rings. The number of pyridine rings is 1. The lowest BCUT2D eigenvalue weighted by molar-refractivity contribution is 0.923. The lowest BCUT2D eigenvalue weighted by Gasteiger charge is -1.92. The van der Waals surface area contributed by atoms with Crippen LogP contribution in [0.4, 0.5) is 0 Å². The number of rotatable bonds is 2. The minimum absolute atomic E-state index is 0.658. The van der Waals surface area contributed by atoms with Gasteiger partial charge in [0.2, 0.25) is 0 Å².